The summed E-state index contributed by atoms with van der Waals surface area (Å²) in [5.41, 5.74) is 8.60. The Balaban J connectivity index is 1.30. The molecular weight excluding hydrogens is 398 g/mol. The molecule has 0 bridgehead atoms. The molecule has 1 aliphatic heterocycles. The van der Waals surface area contributed by atoms with Gasteiger partial charge in [-0.15, -0.1) is 0 Å². The number of aliphatic hydroxyl groups excluding tert-OH is 1. The predicted molar refractivity (Wildman–Crippen MR) is 125 cm³/mol. The second-order valence-corrected chi connectivity index (χ2v) is 8.21. The van der Waals surface area contributed by atoms with Crippen LogP contribution in [0.3, 0.4) is 0 Å². The van der Waals surface area contributed by atoms with E-state index < -0.39 is 6.10 Å². The van der Waals surface area contributed by atoms with Crippen LogP contribution in [0.2, 0.25) is 0 Å². The van der Waals surface area contributed by atoms with Gasteiger partial charge in [-0.05, 0) is 42.2 Å². The first-order valence-electron chi connectivity index (χ1n) is 10.7. The van der Waals surface area contributed by atoms with Crippen molar-refractivity contribution in [3.63, 3.8) is 0 Å². The summed E-state index contributed by atoms with van der Waals surface area (Å²) in [6, 6.07) is 15.0. The van der Waals surface area contributed by atoms with Gasteiger partial charge in [0.15, 0.2) is 0 Å². The normalized spacial score (nSPS) is 13.8. The van der Waals surface area contributed by atoms with E-state index in [9.17, 15) is 5.11 Å². The standard InChI is InChI=1S/C26H25N5O/c1-17-3-4-21(13-18(17)2)19-5-7-20(8-6-19)26-29-22-9-12-31(15-24(22)30-26)16-25(32)23-14-27-10-11-28-23/h3-14,25,32H,15-16H2,1-2H3,(H,29,30). The van der Waals surface area contributed by atoms with E-state index in [-0.39, 0.29) is 0 Å². The first-order chi connectivity index (χ1) is 15.6. The fourth-order valence-electron chi connectivity index (χ4n) is 3.91. The minimum atomic E-state index is -0.703. The van der Waals surface area contributed by atoms with Crippen LogP contribution in [-0.2, 0) is 6.54 Å². The van der Waals surface area contributed by atoms with Crippen molar-refractivity contribution in [2.24, 2.45) is 0 Å². The van der Waals surface area contributed by atoms with Crippen molar-refractivity contribution in [2.45, 2.75) is 26.5 Å². The summed E-state index contributed by atoms with van der Waals surface area (Å²) in [5.74, 6) is 0.850. The average Bonchev–Trinajstić information content (AvgIpc) is 3.25. The molecule has 0 fully saturated rings. The molecule has 160 valence electrons. The van der Waals surface area contributed by atoms with Crippen molar-refractivity contribution in [1.82, 2.24) is 24.8 Å². The summed E-state index contributed by atoms with van der Waals surface area (Å²) in [5, 5.41) is 10.4. The highest BCUT2D eigenvalue weighted by molar-refractivity contribution is 5.69. The fourth-order valence-corrected chi connectivity index (χ4v) is 3.91. The van der Waals surface area contributed by atoms with Gasteiger partial charge in [-0.25, -0.2) is 4.98 Å². The van der Waals surface area contributed by atoms with Gasteiger partial charge in [0, 0.05) is 30.7 Å². The van der Waals surface area contributed by atoms with Crippen molar-refractivity contribution in [3.05, 3.63) is 95.5 Å². The van der Waals surface area contributed by atoms with Crippen LogP contribution in [0.25, 0.3) is 28.6 Å². The van der Waals surface area contributed by atoms with Gasteiger partial charge >= 0.3 is 0 Å². The summed E-state index contributed by atoms with van der Waals surface area (Å²) in [6.07, 6.45) is 8.07. The summed E-state index contributed by atoms with van der Waals surface area (Å²) < 4.78 is 0. The van der Waals surface area contributed by atoms with Crippen molar-refractivity contribution in [2.75, 3.05) is 6.54 Å². The molecule has 2 aromatic heterocycles. The number of H-pyrrole nitrogens is 1. The Labute approximate surface area is 187 Å². The fraction of sp³-hybridized carbons (Fsp3) is 0.192. The van der Waals surface area contributed by atoms with Gasteiger partial charge in [0.1, 0.15) is 11.9 Å². The van der Waals surface area contributed by atoms with Gasteiger partial charge in [-0.2, -0.15) is 0 Å². The number of aromatic amines is 1. The topological polar surface area (TPSA) is 77.9 Å². The van der Waals surface area contributed by atoms with Crippen LogP contribution in [0.5, 0.6) is 0 Å². The van der Waals surface area contributed by atoms with Gasteiger partial charge in [-0.1, -0.05) is 42.5 Å². The van der Waals surface area contributed by atoms with Gasteiger partial charge in [0.2, 0.25) is 0 Å². The number of nitrogens with one attached hydrogen (secondary N) is 1. The minimum absolute atomic E-state index is 0.432. The van der Waals surface area contributed by atoms with E-state index >= 15 is 0 Å². The van der Waals surface area contributed by atoms with E-state index in [1.54, 1.807) is 18.6 Å². The number of β-amino-alcohol motifs (C(OH)–C–C–N with tert-alkyl or cyclic N) is 1. The lowest BCUT2D eigenvalue weighted by Crippen LogP contribution is -2.26. The maximum absolute atomic E-state index is 10.4. The SMILES string of the molecule is Cc1ccc(-c2ccc(-c3nc4c([nH]3)C=CN(CC(O)c3cnccn3)C4)cc2)cc1C. The second kappa shape index (κ2) is 8.40. The van der Waals surface area contributed by atoms with Crippen LogP contribution in [0.4, 0.5) is 0 Å². The second-order valence-electron chi connectivity index (χ2n) is 8.21. The van der Waals surface area contributed by atoms with Crippen molar-refractivity contribution in [1.29, 1.82) is 0 Å². The molecule has 0 saturated heterocycles. The molecule has 1 unspecified atom stereocenters. The summed E-state index contributed by atoms with van der Waals surface area (Å²) in [4.78, 5) is 18.5. The zero-order valence-electron chi connectivity index (χ0n) is 18.2. The third kappa shape index (κ3) is 4.05. The molecule has 0 saturated carbocycles. The van der Waals surface area contributed by atoms with Crippen molar-refractivity contribution in [3.8, 4) is 22.5 Å². The molecule has 0 amide bonds. The average molecular weight is 424 g/mol. The lowest BCUT2D eigenvalue weighted by molar-refractivity contribution is 0.128. The van der Waals surface area contributed by atoms with E-state index in [0.717, 1.165) is 22.8 Å². The van der Waals surface area contributed by atoms with Gasteiger partial charge in [0.25, 0.3) is 0 Å². The van der Waals surface area contributed by atoms with E-state index in [4.69, 9.17) is 4.98 Å². The molecule has 1 aliphatic rings. The summed E-state index contributed by atoms with van der Waals surface area (Å²) in [6.45, 7) is 5.33. The molecule has 0 radical (unpaired) electrons. The number of aliphatic hydroxyl groups is 1. The Kier molecular flexibility index (Phi) is 5.29. The summed E-state index contributed by atoms with van der Waals surface area (Å²) >= 11 is 0. The Morgan fingerprint density at radius 1 is 1.00 bits per heavy atom. The van der Waals surface area contributed by atoms with Gasteiger partial charge < -0.3 is 15.0 Å². The third-order valence-electron chi connectivity index (χ3n) is 5.95. The van der Waals surface area contributed by atoms with E-state index in [2.05, 4.69) is 71.3 Å². The zero-order chi connectivity index (χ0) is 22.1. The maximum Gasteiger partial charge on any atom is 0.138 e. The number of fused-ring (bicyclic) bond motifs is 1. The number of hydrogen-bond donors (Lipinski definition) is 2. The number of imidazole rings is 1. The Hall–Kier alpha value is -3.77. The lowest BCUT2D eigenvalue weighted by Gasteiger charge is -2.25. The number of benzene rings is 2. The van der Waals surface area contributed by atoms with Crippen LogP contribution < -0.4 is 0 Å². The number of aromatic nitrogens is 4. The van der Waals surface area contributed by atoms with Crippen LogP contribution >= 0.6 is 0 Å². The first kappa shape index (κ1) is 20.2. The largest absolute Gasteiger partial charge is 0.385 e. The van der Waals surface area contributed by atoms with Gasteiger partial charge in [-0.3, -0.25) is 9.97 Å². The highest BCUT2D eigenvalue weighted by Crippen LogP contribution is 2.27. The number of nitrogens with zero attached hydrogens (tertiary/aromatic N) is 4. The van der Waals surface area contributed by atoms with Gasteiger partial charge in [0.05, 0.1) is 29.8 Å². The van der Waals surface area contributed by atoms with E-state index in [0.29, 0.717) is 18.8 Å². The van der Waals surface area contributed by atoms with Crippen LogP contribution in [0, 0.1) is 13.8 Å². The molecule has 32 heavy (non-hydrogen) atoms. The van der Waals surface area contributed by atoms with E-state index in [1.165, 1.54) is 22.3 Å². The van der Waals surface area contributed by atoms with Crippen molar-refractivity contribution >= 4 is 6.08 Å². The maximum atomic E-state index is 10.4. The molecule has 6 heteroatoms. The summed E-state index contributed by atoms with van der Waals surface area (Å²) in [7, 11) is 0. The minimum Gasteiger partial charge on any atom is -0.385 e. The monoisotopic (exact) mass is 423 g/mol. The number of hydrogen-bond acceptors (Lipinski definition) is 5. The van der Waals surface area contributed by atoms with Crippen LogP contribution in [0.15, 0.2) is 67.3 Å². The molecule has 0 aliphatic carbocycles. The third-order valence-corrected chi connectivity index (χ3v) is 5.95. The lowest BCUT2D eigenvalue weighted by atomic mass is 9.99. The molecule has 5 rings (SSSR count). The van der Waals surface area contributed by atoms with Crippen LogP contribution in [0.1, 0.15) is 34.3 Å². The van der Waals surface area contributed by atoms with Crippen LogP contribution in [-0.4, -0.2) is 36.5 Å². The smallest absolute Gasteiger partial charge is 0.138 e. The molecule has 0 spiro atoms. The van der Waals surface area contributed by atoms with Crippen molar-refractivity contribution < 1.29 is 5.11 Å². The highest BCUT2D eigenvalue weighted by atomic mass is 16.3. The quantitative estimate of drug-likeness (QED) is 0.488. The Morgan fingerprint density at radius 2 is 1.78 bits per heavy atom. The zero-order valence-corrected chi connectivity index (χ0v) is 18.2. The molecule has 6 nitrogen and oxygen atoms in total. The molecular formula is C26H25N5O. The first-order valence-corrected chi connectivity index (χ1v) is 10.7. The molecule has 3 heterocycles. The van der Waals surface area contributed by atoms with E-state index in [1.807, 2.05) is 17.2 Å². The predicted octanol–water partition coefficient (Wildman–Crippen LogP) is 4.67. The Bertz CT molecular complexity index is 1260. The molecule has 1 atom stereocenters. The number of aryl methyl sites for hydroxylation is 2. The highest BCUT2D eigenvalue weighted by Gasteiger charge is 2.19. The molecule has 2 aromatic carbocycles. The number of rotatable bonds is 5. The molecule has 2 N–H and O–H groups in total. The Morgan fingerprint density at radius 3 is 2.53 bits per heavy atom. The molecule has 4 aromatic rings.